The second kappa shape index (κ2) is 39.6. The highest BCUT2D eigenvalue weighted by Gasteiger charge is 2.51. The molecule has 6 atom stereocenters. The molecule has 0 aliphatic heterocycles. The second-order valence-electron chi connectivity index (χ2n) is 17.0. The van der Waals surface area contributed by atoms with E-state index >= 15 is 0 Å². The molecule has 1 fully saturated rings. The lowest BCUT2D eigenvalue weighted by Gasteiger charge is -2.41. The van der Waals surface area contributed by atoms with Crippen molar-refractivity contribution in [3.8, 4) is 0 Å². The smallest absolute Gasteiger partial charge is 0.457 e. The number of carbonyl (C=O) groups excluding carboxylic acids is 1. The third-order valence-electron chi connectivity index (χ3n) is 11.2. The standard InChI is InChI=1S/C49H89O12P/c1-3-5-7-9-11-13-15-17-19-21-23-25-27-29-31-33-35-37-39-58-40-42(41-59-62(56,57)61-49-47(54)45(52)44(51)46(53)48(49)55)60-43(50)38-36-34-32-30-28-26-24-22-20-18-16-14-12-10-8-6-4-2/h11-14,17-20,42,44-49,51-55H,3-10,15-16,21-41H2,1-2H3,(H,56,57)/b13-11-,14-12-,19-17-,20-18-. The van der Waals surface area contributed by atoms with E-state index in [1.807, 2.05) is 0 Å². The Labute approximate surface area is 375 Å². The minimum absolute atomic E-state index is 0.0847. The molecule has 0 bridgehead atoms. The van der Waals surface area contributed by atoms with Crippen LogP contribution in [0.4, 0.5) is 0 Å². The molecule has 1 aliphatic carbocycles. The van der Waals surface area contributed by atoms with E-state index < -0.39 is 63.1 Å². The molecule has 12 nitrogen and oxygen atoms in total. The summed E-state index contributed by atoms with van der Waals surface area (Å²) in [6.45, 7) is 4.19. The van der Waals surface area contributed by atoms with Gasteiger partial charge in [-0.25, -0.2) is 4.57 Å². The number of esters is 1. The van der Waals surface area contributed by atoms with Crippen LogP contribution in [0.15, 0.2) is 48.6 Å². The predicted octanol–water partition coefficient (Wildman–Crippen LogP) is 10.4. The van der Waals surface area contributed by atoms with Crippen molar-refractivity contribution in [2.24, 2.45) is 0 Å². The van der Waals surface area contributed by atoms with Crippen LogP contribution in [0.1, 0.15) is 194 Å². The van der Waals surface area contributed by atoms with Gasteiger partial charge in [-0.2, -0.15) is 0 Å². The summed E-state index contributed by atoms with van der Waals surface area (Å²) in [6.07, 6.45) is 36.0. The van der Waals surface area contributed by atoms with Gasteiger partial charge in [0.1, 0.15) is 42.7 Å². The first-order valence-electron chi connectivity index (χ1n) is 24.5. The van der Waals surface area contributed by atoms with Gasteiger partial charge in [-0.1, -0.05) is 159 Å². The number of rotatable bonds is 41. The van der Waals surface area contributed by atoms with Crippen LogP contribution in [0.2, 0.25) is 0 Å². The first-order valence-corrected chi connectivity index (χ1v) is 26.0. The van der Waals surface area contributed by atoms with Crippen molar-refractivity contribution in [2.75, 3.05) is 19.8 Å². The highest BCUT2D eigenvalue weighted by atomic mass is 31.2. The molecule has 6 N–H and O–H groups in total. The van der Waals surface area contributed by atoms with Gasteiger partial charge in [-0.15, -0.1) is 0 Å². The van der Waals surface area contributed by atoms with E-state index in [0.29, 0.717) is 13.0 Å². The van der Waals surface area contributed by atoms with Crippen LogP contribution in [0.5, 0.6) is 0 Å². The van der Waals surface area contributed by atoms with Crippen LogP contribution in [-0.2, 0) is 27.9 Å². The van der Waals surface area contributed by atoms with Gasteiger partial charge in [0.25, 0.3) is 0 Å². The largest absolute Gasteiger partial charge is 0.472 e. The molecule has 1 saturated carbocycles. The van der Waals surface area contributed by atoms with Crippen molar-refractivity contribution in [1.29, 1.82) is 0 Å². The Kier molecular flexibility index (Phi) is 37.3. The summed E-state index contributed by atoms with van der Waals surface area (Å²) >= 11 is 0. The fourth-order valence-electron chi connectivity index (χ4n) is 7.24. The maximum absolute atomic E-state index is 12.8. The third kappa shape index (κ3) is 31.2. The summed E-state index contributed by atoms with van der Waals surface area (Å²) in [7, 11) is -5.02. The van der Waals surface area contributed by atoms with Crippen molar-refractivity contribution in [1.82, 2.24) is 0 Å². The highest BCUT2D eigenvalue weighted by Crippen LogP contribution is 2.47. The number of aliphatic hydroxyl groups excluding tert-OH is 5. The first kappa shape index (κ1) is 58.3. The summed E-state index contributed by atoms with van der Waals surface area (Å²) in [4.78, 5) is 23.2. The number of ether oxygens (including phenoxy) is 2. The van der Waals surface area contributed by atoms with E-state index in [1.54, 1.807) is 0 Å². The maximum Gasteiger partial charge on any atom is 0.472 e. The van der Waals surface area contributed by atoms with Gasteiger partial charge in [-0.3, -0.25) is 13.8 Å². The minimum atomic E-state index is -5.02. The molecule has 0 aromatic rings. The van der Waals surface area contributed by atoms with Crippen molar-refractivity contribution in [2.45, 2.75) is 236 Å². The number of aliphatic hydroxyl groups is 5. The van der Waals surface area contributed by atoms with Gasteiger partial charge in [0.15, 0.2) is 0 Å². The van der Waals surface area contributed by atoms with Gasteiger partial charge in [0.2, 0.25) is 0 Å². The molecule has 6 unspecified atom stereocenters. The van der Waals surface area contributed by atoms with Gasteiger partial charge < -0.3 is 39.9 Å². The number of phosphoric ester groups is 1. The summed E-state index contributed by atoms with van der Waals surface area (Å²) in [5, 5.41) is 50.2. The van der Waals surface area contributed by atoms with Crippen molar-refractivity contribution in [3.05, 3.63) is 48.6 Å². The summed E-state index contributed by atoms with van der Waals surface area (Å²) < 4.78 is 34.2. The molecule has 1 aliphatic rings. The fraction of sp³-hybridized carbons (Fsp3) is 0.816. The maximum atomic E-state index is 12.8. The monoisotopic (exact) mass is 901 g/mol. The second-order valence-corrected chi connectivity index (χ2v) is 18.4. The van der Waals surface area contributed by atoms with Crippen LogP contribution in [0.25, 0.3) is 0 Å². The Hall–Kier alpha value is -1.70. The summed E-state index contributed by atoms with van der Waals surface area (Å²) in [6, 6.07) is 0. The molecule has 0 radical (unpaired) electrons. The highest BCUT2D eigenvalue weighted by molar-refractivity contribution is 7.47. The summed E-state index contributed by atoms with van der Waals surface area (Å²) in [5.41, 5.74) is 0. The Bertz CT molecular complexity index is 1210. The lowest BCUT2D eigenvalue weighted by Crippen LogP contribution is -2.64. The Morgan fingerprint density at radius 1 is 0.516 bits per heavy atom. The van der Waals surface area contributed by atoms with Gasteiger partial charge in [0.05, 0.1) is 13.2 Å². The van der Waals surface area contributed by atoms with Crippen LogP contribution in [-0.4, -0.2) is 98.9 Å². The molecule has 0 saturated heterocycles. The topological polar surface area (TPSA) is 192 Å². The molecule has 0 spiro atoms. The van der Waals surface area contributed by atoms with Gasteiger partial charge in [0, 0.05) is 13.0 Å². The van der Waals surface area contributed by atoms with Crippen molar-refractivity contribution < 1.29 is 58.3 Å². The lowest BCUT2D eigenvalue weighted by molar-refractivity contribution is -0.220. The molecule has 0 amide bonds. The van der Waals surface area contributed by atoms with Crippen molar-refractivity contribution >= 4 is 13.8 Å². The molecule has 13 heteroatoms. The van der Waals surface area contributed by atoms with Crippen LogP contribution >= 0.6 is 7.82 Å². The number of unbranched alkanes of at least 4 members (excludes halogenated alkanes) is 21. The molecule has 0 aromatic carbocycles. The van der Waals surface area contributed by atoms with Crippen LogP contribution in [0, 0.1) is 0 Å². The Morgan fingerprint density at radius 3 is 1.35 bits per heavy atom. The molecule has 0 aromatic heterocycles. The molecular formula is C49H89O12P. The normalized spacial score (nSPS) is 22.4. The van der Waals surface area contributed by atoms with E-state index in [9.17, 15) is 39.8 Å². The fourth-order valence-corrected chi connectivity index (χ4v) is 8.21. The minimum Gasteiger partial charge on any atom is -0.457 e. The SMILES string of the molecule is CCCCC/C=C\C/C=C\CCCCCCCCCCOCC(COP(=O)(O)OC1C(O)C(O)C(O)C(O)C1O)OC(=O)CCCCCCCCC/C=C\C/C=C\CCCCC. The number of phosphoric acid groups is 1. The zero-order chi connectivity index (χ0) is 45.5. The zero-order valence-electron chi connectivity index (χ0n) is 38.7. The number of hydrogen-bond acceptors (Lipinski definition) is 11. The van der Waals surface area contributed by atoms with Crippen LogP contribution in [0.3, 0.4) is 0 Å². The number of allylic oxidation sites excluding steroid dienone is 8. The quantitative estimate of drug-likeness (QED) is 0.0147. The zero-order valence-corrected chi connectivity index (χ0v) is 39.6. The van der Waals surface area contributed by atoms with E-state index in [4.69, 9.17) is 18.5 Å². The van der Waals surface area contributed by atoms with Crippen LogP contribution < -0.4 is 0 Å². The molecule has 0 heterocycles. The van der Waals surface area contributed by atoms with Crippen molar-refractivity contribution in [3.63, 3.8) is 0 Å². The van der Waals surface area contributed by atoms with Gasteiger partial charge >= 0.3 is 13.8 Å². The lowest BCUT2D eigenvalue weighted by atomic mass is 9.85. The average molecular weight is 901 g/mol. The Morgan fingerprint density at radius 2 is 0.903 bits per heavy atom. The van der Waals surface area contributed by atoms with Gasteiger partial charge in [-0.05, 0) is 77.0 Å². The average Bonchev–Trinajstić information content (AvgIpc) is 3.26. The Balaban J connectivity index is 2.38. The predicted molar refractivity (Wildman–Crippen MR) is 249 cm³/mol. The van der Waals surface area contributed by atoms with E-state index in [-0.39, 0.29) is 13.0 Å². The van der Waals surface area contributed by atoms with E-state index in [2.05, 4.69) is 62.5 Å². The molecular weight excluding hydrogens is 812 g/mol. The van der Waals surface area contributed by atoms with E-state index in [0.717, 1.165) is 77.0 Å². The number of hydrogen-bond donors (Lipinski definition) is 6. The first-order chi connectivity index (χ1) is 30.0. The third-order valence-corrected chi connectivity index (χ3v) is 12.2. The molecule has 1 rings (SSSR count). The molecule has 62 heavy (non-hydrogen) atoms. The van der Waals surface area contributed by atoms with E-state index in [1.165, 1.54) is 89.9 Å². The molecule has 362 valence electrons. The number of carbonyl (C=O) groups is 1. The summed E-state index contributed by atoms with van der Waals surface area (Å²) in [5.74, 6) is -0.488.